The molecular formula is C20H21N3O2. The highest BCUT2D eigenvalue weighted by Crippen LogP contribution is 2.23. The molecule has 1 amide bonds. The summed E-state index contributed by atoms with van der Waals surface area (Å²) in [6.45, 7) is 8.30. The number of nitrogens with one attached hydrogen (secondary N) is 1. The van der Waals surface area contributed by atoms with Gasteiger partial charge in [-0.2, -0.15) is 5.10 Å². The molecule has 3 rings (SSSR count). The van der Waals surface area contributed by atoms with E-state index < -0.39 is 0 Å². The van der Waals surface area contributed by atoms with Gasteiger partial charge in [0, 0.05) is 22.6 Å². The Morgan fingerprint density at radius 3 is 2.64 bits per heavy atom. The Balaban J connectivity index is 1.84. The van der Waals surface area contributed by atoms with Crippen molar-refractivity contribution >= 4 is 12.1 Å². The number of aromatic nitrogens is 1. The van der Waals surface area contributed by atoms with Crippen molar-refractivity contribution in [2.75, 3.05) is 0 Å². The summed E-state index contributed by atoms with van der Waals surface area (Å²) >= 11 is 0. The van der Waals surface area contributed by atoms with Gasteiger partial charge in [0.05, 0.1) is 12.5 Å². The second-order valence-electron chi connectivity index (χ2n) is 6.13. The van der Waals surface area contributed by atoms with Crippen LogP contribution >= 0.6 is 0 Å². The highest BCUT2D eigenvalue weighted by atomic mass is 16.3. The number of furan rings is 1. The summed E-state index contributed by atoms with van der Waals surface area (Å²) in [5.74, 6) is -0.137. The van der Waals surface area contributed by atoms with E-state index in [1.807, 2.05) is 6.92 Å². The number of amides is 1. The zero-order chi connectivity index (χ0) is 18.0. The first-order chi connectivity index (χ1) is 12.0. The number of nitrogens with zero attached hydrogens (tertiary/aromatic N) is 2. The number of carbonyl (C=O) groups excluding carboxylic acids is 1. The van der Waals surface area contributed by atoms with Crippen LogP contribution in [0.3, 0.4) is 0 Å². The maximum atomic E-state index is 11.8. The topological polar surface area (TPSA) is 59.5 Å². The van der Waals surface area contributed by atoms with Gasteiger partial charge in [0.2, 0.25) is 0 Å². The van der Waals surface area contributed by atoms with E-state index in [2.05, 4.69) is 60.1 Å². The second kappa shape index (κ2) is 6.81. The lowest BCUT2D eigenvalue weighted by Crippen LogP contribution is -2.16. The maximum Gasteiger partial charge on any atom is 0.307 e. The van der Waals surface area contributed by atoms with E-state index >= 15 is 0 Å². The van der Waals surface area contributed by atoms with E-state index in [0.29, 0.717) is 0 Å². The van der Waals surface area contributed by atoms with E-state index in [1.54, 1.807) is 18.3 Å². The molecule has 0 aliphatic carbocycles. The first kappa shape index (κ1) is 16.8. The molecule has 2 heterocycles. The van der Waals surface area contributed by atoms with Crippen LogP contribution in [0.2, 0.25) is 0 Å². The standard InChI is InChI=1S/C20H21N3O2/c1-13-7-8-18(14(2)10-13)23-15(3)11-17(16(23)4)12-21-22-20(24)19-6-5-9-25-19/h5-12H,1-4H3,(H,22,24)/b21-12-. The van der Waals surface area contributed by atoms with E-state index in [9.17, 15) is 4.79 Å². The predicted octanol–water partition coefficient (Wildman–Crippen LogP) is 4.07. The van der Waals surface area contributed by atoms with Gasteiger partial charge in [-0.3, -0.25) is 4.79 Å². The molecule has 0 spiro atoms. The number of hydrogen-bond acceptors (Lipinski definition) is 3. The zero-order valence-corrected chi connectivity index (χ0v) is 14.8. The van der Waals surface area contributed by atoms with Crippen LogP contribution in [0.25, 0.3) is 5.69 Å². The van der Waals surface area contributed by atoms with Crippen molar-refractivity contribution in [2.24, 2.45) is 5.10 Å². The van der Waals surface area contributed by atoms with Gasteiger partial charge >= 0.3 is 5.91 Å². The molecule has 5 heteroatoms. The van der Waals surface area contributed by atoms with Crippen LogP contribution in [0.4, 0.5) is 0 Å². The van der Waals surface area contributed by atoms with Crippen molar-refractivity contribution in [3.05, 3.63) is 76.5 Å². The minimum absolute atomic E-state index is 0.234. The monoisotopic (exact) mass is 335 g/mol. The molecule has 1 N–H and O–H groups in total. The molecule has 128 valence electrons. The predicted molar refractivity (Wildman–Crippen MR) is 98.5 cm³/mol. The fourth-order valence-corrected chi connectivity index (χ4v) is 2.97. The molecule has 0 saturated heterocycles. The van der Waals surface area contributed by atoms with E-state index in [-0.39, 0.29) is 11.7 Å². The molecule has 0 aliphatic rings. The Kier molecular flexibility index (Phi) is 4.57. The van der Waals surface area contributed by atoms with Crippen molar-refractivity contribution < 1.29 is 9.21 Å². The molecule has 5 nitrogen and oxygen atoms in total. The van der Waals surface area contributed by atoms with Crippen molar-refractivity contribution in [1.82, 2.24) is 9.99 Å². The Morgan fingerprint density at radius 1 is 1.16 bits per heavy atom. The van der Waals surface area contributed by atoms with E-state index in [4.69, 9.17) is 4.42 Å². The average molecular weight is 335 g/mol. The smallest absolute Gasteiger partial charge is 0.307 e. The maximum absolute atomic E-state index is 11.8. The SMILES string of the molecule is Cc1ccc(-n2c(C)cc(/C=N\NC(=O)c3ccco3)c2C)c(C)c1. The molecule has 0 radical (unpaired) electrons. The van der Waals surface area contributed by atoms with Gasteiger partial charge in [0.25, 0.3) is 0 Å². The normalized spacial score (nSPS) is 11.2. The van der Waals surface area contributed by atoms with Crippen LogP contribution in [-0.4, -0.2) is 16.7 Å². The molecule has 25 heavy (non-hydrogen) atoms. The Bertz CT molecular complexity index is 934. The molecule has 0 unspecified atom stereocenters. The third-order valence-electron chi connectivity index (χ3n) is 4.18. The Morgan fingerprint density at radius 2 is 1.96 bits per heavy atom. The molecule has 0 saturated carbocycles. The van der Waals surface area contributed by atoms with E-state index in [1.165, 1.54) is 17.4 Å². The first-order valence-electron chi connectivity index (χ1n) is 8.11. The molecule has 2 aromatic heterocycles. The summed E-state index contributed by atoms with van der Waals surface area (Å²) in [7, 11) is 0. The highest BCUT2D eigenvalue weighted by Gasteiger charge is 2.12. The van der Waals surface area contributed by atoms with Gasteiger partial charge < -0.3 is 8.98 Å². The number of aryl methyl sites for hydroxylation is 3. The fourth-order valence-electron chi connectivity index (χ4n) is 2.97. The summed E-state index contributed by atoms with van der Waals surface area (Å²) in [4.78, 5) is 11.8. The van der Waals surface area contributed by atoms with Gasteiger partial charge in [-0.25, -0.2) is 5.43 Å². The number of hydrogen-bond donors (Lipinski definition) is 1. The fraction of sp³-hybridized carbons (Fsp3) is 0.200. The van der Waals surface area contributed by atoms with Crippen molar-refractivity contribution in [3.63, 3.8) is 0 Å². The average Bonchev–Trinajstić information content (AvgIpc) is 3.18. The second-order valence-corrected chi connectivity index (χ2v) is 6.13. The van der Waals surface area contributed by atoms with Gasteiger partial charge in [0.1, 0.15) is 0 Å². The lowest BCUT2D eigenvalue weighted by Gasteiger charge is -2.13. The Labute approximate surface area is 147 Å². The summed E-state index contributed by atoms with van der Waals surface area (Å²) in [5.41, 5.74) is 9.23. The third kappa shape index (κ3) is 3.40. The van der Waals surface area contributed by atoms with Crippen LogP contribution < -0.4 is 5.43 Å². The van der Waals surface area contributed by atoms with Gasteiger partial charge in [-0.15, -0.1) is 0 Å². The third-order valence-corrected chi connectivity index (χ3v) is 4.18. The number of benzene rings is 1. The minimum Gasteiger partial charge on any atom is -0.459 e. The number of carbonyl (C=O) groups is 1. The van der Waals surface area contributed by atoms with Crippen LogP contribution in [-0.2, 0) is 0 Å². The summed E-state index contributed by atoms with van der Waals surface area (Å²) < 4.78 is 7.23. The highest BCUT2D eigenvalue weighted by molar-refractivity contribution is 5.92. The molecule has 3 aromatic rings. The Hall–Kier alpha value is -3.08. The van der Waals surface area contributed by atoms with Crippen molar-refractivity contribution in [1.29, 1.82) is 0 Å². The largest absolute Gasteiger partial charge is 0.459 e. The summed E-state index contributed by atoms with van der Waals surface area (Å²) in [5, 5.41) is 4.05. The molecule has 1 aromatic carbocycles. The van der Waals surface area contributed by atoms with Gasteiger partial charge in [0.15, 0.2) is 5.76 Å². The molecule has 0 fully saturated rings. The lowest BCUT2D eigenvalue weighted by molar-refractivity contribution is 0.0927. The summed E-state index contributed by atoms with van der Waals surface area (Å²) in [6.07, 6.45) is 3.11. The van der Waals surface area contributed by atoms with Crippen molar-refractivity contribution in [2.45, 2.75) is 27.7 Å². The van der Waals surface area contributed by atoms with Crippen LogP contribution in [0.5, 0.6) is 0 Å². The van der Waals surface area contributed by atoms with Crippen molar-refractivity contribution in [3.8, 4) is 5.69 Å². The van der Waals surface area contributed by atoms with Crippen LogP contribution in [0, 0.1) is 27.7 Å². The first-order valence-corrected chi connectivity index (χ1v) is 8.11. The lowest BCUT2D eigenvalue weighted by atomic mass is 10.1. The van der Waals surface area contributed by atoms with Gasteiger partial charge in [-0.1, -0.05) is 17.7 Å². The van der Waals surface area contributed by atoms with Gasteiger partial charge in [-0.05, 0) is 57.5 Å². The van der Waals surface area contributed by atoms with Crippen LogP contribution in [0.15, 0.2) is 52.2 Å². The minimum atomic E-state index is -0.371. The summed E-state index contributed by atoms with van der Waals surface area (Å²) in [6, 6.07) is 11.7. The van der Waals surface area contributed by atoms with Crippen LogP contribution in [0.1, 0.15) is 38.6 Å². The molecule has 0 atom stereocenters. The number of hydrazone groups is 1. The quantitative estimate of drug-likeness (QED) is 0.577. The molecule has 0 aliphatic heterocycles. The van der Waals surface area contributed by atoms with E-state index in [0.717, 1.165) is 22.6 Å². The molecular weight excluding hydrogens is 314 g/mol. The zero-order valence-electron chi connectivity index (χ0n) is 14.8. The molecule has 0 bridgehead atoms. The number of rotatable bonds is 4.